The Kier molecular flexibility index (Phi) is 5.65. The molecular weight excluding hydrogens is 376 g/mol. The van der Waals surface area contributed by atoms with Gasteiger partial charge in [0.2, 0.25) is 0 Å². The van der Waals surface area contributed by atoms with Crippen LogP contribution in [0.2, 0.25) is 0 Å². The third-order valence-electron chi connectivity index (χ3n) is 8.93. The third kappa shape index (κ3) is 3.53. The van der Waals surface area contributed by atoms with Crippen molar-refractivity contribution in [2.45, 2.75) is 71.3 Å². The molecule has 0 aliphatic heterocycles. The first-order chi connectivity index (χ1) is 14.3. The summed E-state index contributed by atoms with van der Waals surface area (Å²) in [5.74, 6) is 1.70. The average molecular weight is 411 g/mol. The number of benzene rings is 1. The lowest BCUT2D eigenvalue weighted by Gasteiger charge is -2.57. The van der Waals surface area contributed by atoms with Crippen molar-refractivity contribution in [3.63, 3.8) is 0 Å². The Balaban J connectivity index is 0.000000204. The second-order valence-corrected chi connectivity index (χ2v) is 10.3. The van der Waals surface area contributed by atoms with Crippen LogP contribution in [0.3, 0.4) is 0 Å². The van der Waals surface area contributed by atoms with Gasteiger partial charge in [-0.25, -0.2) is 4.79 Å². The van der Waals surface area contributed by atoms with Crippen LogP contribution in [0.5, 0.6) is 0 Å². The van der Waals surface area contributed by atoms with Gasteiger partial charge in [-0.05, 0) is 91.7 Å². The first-order valence-electron chi connectivity index (χ1n) is 11.5. The molecule has 1 aromatic carbocycles. The van der Waals surface area contributed by atoms with Gasteiger partial charge in [0.1, 0.15) is 0 Å². The molecule has 3 fully saturated rings. The number of allylic oxidation sites excluding steroid dienone is 1. The Labute approximate surface area is 179 Å². The van der Waals surface area contributed by atoms with Crippen LogP contribution in [-0.2, 0) is 4.79 Å². The molecule has 4 aliphatic rings. The molecule has 0 saturated heterocycles. The van der Waals surface area contributed by atoms with Crippen molar-refractivity contribution in [1.82, 2.24) is 0 Å². The predicted octanol–water partition coefficient (Wildman–Crippen LogP) is 5.26. The number of ketones is 1. The summed E-state index contributed by atoms with van der Waals surface area (Å²) in [6.45, 7) is 4.76. The molecule has 0 amide bonds. The minimum absolute atomic E-state index is 0.0823. The molecule has 0 bridgehead atoms. The number of aliphatic hydroxyl groups is 1. The monoisotopic (exact) mass is 410 g/mol. The highest BCUT2D eigenvalue weighted by Crippen LogP contribution is 2.65. The van der Waals surface area contributed by atoms with Gasteiger partial charge in [-0.3, -0.25) is 4.79 Å². The first-order valence-corrected chi connectivity index (χ1v) is 11.5. The second-order valence-electron chi connectivity index (χ2n) is 10.3. The fourth-order valence-electron chi connectivity index (χ4n) is 7.11. The van der Waals surface area contributed by atoms with Gasteiger partial charge in [0, 0.05) is 6.42 Å². The fourth-order valence-corrected chi connectivity index (χ4v) is 7.11. The number of aliphatic hydroxyl groups excluding tert-OH is 1. The Morgan fingerprint density at radius 2 is 1.70 bits per heavy atom. The van der Waals surface area contributed by atoms with Gasteiger partial charge in [0.15, 0.2) is 5.78 Å². The largest absolute Gasteiger partial charge is 0.478 e. The Bertz CT molecular complexity index is 844. The Hall–Kier alpha value is -1.94. The molecule has 30 heavy (non-hydrogen) atoms. The molecule has 0 spiro atoms. The highest BCUT2D eigenvalue weighted by molar-refractivity contribution is 5.91. The lowest BCUT2D eigenvalue weighted by molar-refractivity contribution is -0.118. The van der Waals surface area contributed by atoms with E-state index >= 15 is 0 Å². The van der Waals surface area contributed by atoms with Gasteiger partial charge in [-0.15, -0.1) is 0 Å². The lowest BCUT2D eigenvalue weighted by Crippen LogP contribution is -2.51. The van der Waals surface area contributed by atoms with E-state index < -0.39 is 5.97 Å². The third-order valence-corrected chi connectivity index (χ3v) is 8.93. The van der Waals surface area contributed by atoms with Crippen LogP contribution < -0.4 is 0 Å². The van der Waals surface area contributed by atoms with Crippen molar-refractivity contribution in [2.24, 2.45) is 28.6 Å². The van der Waals surface area contributed by atoms with Crippen LogP contribution in [0, 0.1) is 28.6 Å². The van der Waals surface area contributed by atoms with E-state index in [1.807, 2.05) is 6.08 Å². The van der Waals surface area contributed by atoms with Crippen molar-refractivity contribution in [3.05, 3.63) is 47.5 Å². The van der Waals surface area contributed by atoms with Gasteiger partial charge >= 0.3 is 5.97 Å². The summed E-state index contributed by atoms with van der Waals surface area (Å²) < 4.78 is 0. The number of aromatic carboxylic acids is 1. The van der Waals surface area contributed by atoms with E-state index in [-0.39, 0.29) is 16.9 Å². The van der Waals surface area contributed by atoms with Crippen LogP contribution in [0.4, 0.5) is 0 Å². The SMILES string of the molecule is C[C@]12CC[C@H]3[C@@H](CCC4=CC(=O)CC[C@@]43C)[C@@H]1CC[C@@H]2O.O=C(O)c1ccccc1. The summed E-state index contributed by atoms with van der Waals surface area (Å²) in [6, 6.07) is 8.30. The van der Waals surface area contributed by atoms with Crippen molar-refractivity contribution in [1.29, 1.82) is 0 Å². The maximum Gasteiger partial charge on any atom is 0.335 e. The number of carboxylic acids is 1. The molecule has 0 aromatic heterocycles. The summed E-state index contributed by atoms with van der Waals surface area (Å²) in [5, 5.41) is 18.8. The molecule has 162 valence electrons. The molecule has 1 aromatic rings. The minimum atomic E-state index is -0.879. The van der Waals surface area contributed by atoms with E-state index in [2.05, 4.69) is 13.8 Å². The number of carbonyl (C=O) groups excluding carboxylic acids is 1. The van der Waals surface area contributed by atoms with Gasteiger partial charge in [0.25, 0.3) is 0 Å². The number of hydrogen-bond acceptors (Lipinski definition) is 3. The molecule has 4 heteroatoms. The van der Waals surface area contributed by atoms with Gasteiger partial charge in [-0.1, -0.05) is 37.6 Å². The van der Waals surface area contributed by atoms with Crippen molar-refractivity contribution < 1.29 is 19.8 Å². The Morgan fingerprint density at radius 1 is 0.967 bits per heavy atom. The van der Waals surface area contributed by atoms with E-state index in [1.165, 1.54) is 31.3 Å². The summed E-state index contributed by atoms with van der Waals surface area (Å²) >= 11 is 0. The number of rotatable bonds is 1. The Morgan fingerprint density at radius 3 is 2.37 bits per heavy atom. The fraction of sp³-hybridized carbons (Fsp3) is 0.615. The highest BCUT2D eigenvalue weighted by atomic mass is 16.4. The number of hydrogen-bond donors (Lipinski definition) is 2. The normalized spacial score (nSPS) is 39.6. The zero-order valence-corrected chi connectivity index (χ0v) is 18.1. The lowest BCUT2D eigenvalue weighted by atomic mass is 9.47. The summed E-state index contributed by atoms with van der Waals surface area (Å²) in [7, 11) is 0. The molecule has 0 unspecified atom stereocenters. The zero-order valence-electron chi connectivity index (χ0n) is 18.1. The summed E-state index contributed by atoms with van der Waals surface area (Å²) in [5.41, 5.74) is 2.22. The number of carboxylic acid groups (broad SMARTS) is 1. The number of fused-ring (bicyclic) bond motifs is 5. The zero-order chi connectivity index (χ0) is 21.5. The summed E-state index contributed by atoms with van der Waals surface area (Å²) in [4.78, 5) is 22.0. The molecule has 4 aliphatic carbocycles. The van der Waals surface area contributed by atoms with Crippen molar-refractivity contribution in [2.75, 3.05) is 0 Å². The van der Waals surface area contributed by atoms with E-state index in [4.69, 9.17) is 5.11 Å². The number of carbonyl (C=O) groups is 2. The van der Waals surface area contributed by atoms with Crippen LogP contribution in [-0.4, -0.2) is 28.1 Å². The maximum absolute atomic E-state index is 11.8. The van der Waals surface area contributed by atoms with Gasteiger partial charge in [0.05, 0.1) is 11.7 Å². The van der Waals surface area contributed by atoms with E-state index in [9.17, 15) is 14.7 Å². The molecule has 0 heterocycles. The molecule has 3 saturated carbocycles. The van der Waals surface area contributed by atoms with Gasteiger partial charge < -0.3 is 10.2 Å². The topological polar surface area (TPSA) is 74.6 Å². The van der Waals surface area contributed by atoms with E-state index in [0.29, 0.717) is 17.3 Å². The second kappa shape index (κ2) is 7.96. The van der Waals surface area contributed by atoms with E-state index in [1.54, 1.807) is 30.3 Å². The van der Waals surface area contributed by atoms with Gasteiger partial charge in [-0.2, -0.15) is 0 Å². The average Bonchev–Trinajstić information content (AvgIpc) is 3.04. The highest BCUT2D eigenvalue weighted by Gasteiger charge is 2.58. The van der Waals surface area contributed by atoms with Crippen molar-refractivity contribution >= 4 is 11.8 Å². The molecular formula is C26H34O4. The van der Waals surface area contributed by atoms with Crippen LogP contribution >= 0.6 is 0 Å². The minimum Gasteiger partial charge on any atom is -0.478 e. The van der Waals surface area contributed by atoms with Crippen LogP contribution in [0.25, 0.3) is 0 Å². The maximum atomic E-state index is 11.8. The molecule has 4 nitrogen and oxygen atoms in total. The van der Waals surface area contributed by atoms with Crippen LogP contribution in [0.15, 0.2) is 42.0 Å². The summed E-state index contributed by atoms with van der Waals surface area (Å²) in [6.07, 6.45) is 10.7. The molecule has 2 N–H and O–H groups in total. The standard InChI is InChI=1S/C19H28O2.C7H6O2/c1-18-9-7-13(20)11-12(18)3-4-14-15-5-6-17(21)19(15,2)10-8-16(14)18;8-7(9)6-4-2-1-3-5-6/h11,14-17,21H,3-10H2,1-2H3;1-5H,(H,8,9)/t14-,15-,16-,17-,18-,19-;/m0./s1. The molecule has 0 radical (unpaired) electrons. The molecule has 6 atom stereocenters. The predicted molar refractivity (Wildman–Crippen MR) is 116 cm³/mol. The molecule has 5 rings (SSSR count). The van der Waals surface area contributed by atoms with Crippen LogP contribution in [0.1, 0.15) is 75.6 Å². The van der Waals surface area contributed by atoms with E-state index in [0.717, 1.165) is 37.5 Å². The smallest absolute Gasteiger partial charge is 0.335 e. The quantitative estimate of drug-likeness (QED) is 0.662. The van der Waals surface area contributed by atoms with Crippen molar-refractivity contribution in [3.8, 4) is 0 Å². The first kappa shape index (κ1) is 21.3.